The molecule has 3 heterocycles. The summed E-state index contributed by atoms with van der Waals surface area (Å²) in [6, 6.07) is 4.59. The number of hydrogen-bond donors (Lipinski definition) is 1. The van der Waals surface area contributed by atoms with E-state index < -0.39 is 0 Å². The number of anilines is 1. The van der Waals surface area contributed by atoms with Crippen LogP contribution >= 0.6 is 0 Å². The average Bonchev–Trinajstić information content (AvgIpc) is 2.98. The molecule has 110 valence electrons. The van der Waals surface area contributed by atoms with Crippen molar-refractivity contribution in [3.8, 4) is 0 Å². The van der Waals surface area contributed by atoms with Gasteiger partial charge in [-0.15, -0.1) is 0 Å². The van der Waals surface area contributed by atoms with E-state index in [9.17, 15) is 0 Å². The van der Waals surface area contributed by atoms with Crippen molar-refractivity contribution in [1.82, 2.24) is 19.9 Å². The second-order valence-electron chi connectivity index (χ2n) is 5.52. The highest BCUT2D eigenvalue weighted by Crippen LogP contribution is 2.32. The molecule has 2 aromatic heterocycles. The van der Waals surface area contributed by atoms with Gasteiger partial charge in [0.25, 0.3) is 0 Å². The summed E-state index contributed by atoms with van der Waals surface area (Å²) in [7, 11) is 1.87. The first kappa shape index (κ1) is 13.9. The van der Waals surface area contributed by atoms with Crippen molar-refractivity contribution >= 4 is 5.82 Å². The van der Waals surface area contributed by atoms with Gasteiger partial charge in [0.05, 0.1) is 24.1 Å². The Labute approximate surface area is 125 Å². The van der Waals surface area contributed by atoms with Crippen molar-refractivity contribution in [3.05, 3.63) is 47.7 Å². The molecule has 1 fully saturated rings. The first-order valence-corrected chi connectivity index (χ1v) is 7.41. The predicted molar refractivity (Wildman–Crippen MR) is 82.9 cm³/mol. The van der Waals surface area contributed by atoms with Gasteiger partial charge in [-0.3, -0.25) is 14.9 Å². The first-order chi connectivity index (χ1) is 10.3. The highest BCUT2D eigenvalue weighted by molar-refractivity contribution is 5.31. The van der Waals surface area contributed by atoms with E-state index in [0.717, 1.165) is 36.7 Å². The number of aromatic nitrogens is 3. The number of rotatable bonds is 4. The van der Waals surface area contributed by atoms with Crippen LogP contribution in [0.15, 0.2) is 30.7 Å². The van der Waals surface area contributed by atoms with Crippen LogP contribution in [0.5, 0.6) is 0 Å². The summed E-state index contributed by atoms with van der Waals surface area (Å²) in [5, 5.41) is 3.06. The summed E-state index contributed by atoms with van der Waals surface area (Å²) >= 11 is 0. The first-order valence-electron chi connectivity index (χ1n) is 7.41. The number of hydrogen-bond acceptors (Lipinski definition) is 5. The van der Waals surface area contributed by atoms with E-state index in [4.69, 9.17) is 0 Å². The number of likely N-dealkylation sites (tertiary alicyclic amines) is 1. The maximum absolute atomic E-state index is 4.65. The molecule has 1 atom stereocenters. The minimum absolute atomic E-state index is 0.354. The highest BCUT2D eigenvalue weighted by Gasteiger charge is 2.27. The lowest BCUT2D eigenvalue weighted by Gasteiger charge is -2.24. The molecule has 0 spiro atoms. The van der Waals surface area contributed by atoms with Crippen molar-refractivity contribution in [2.24, 2.45) is 0 Å². The molecule has 3 rings (SSSR count). The number of aryl methyl sites for hydroxylation is 1. The van der Waals surface area contributed by atoms with Crippen LogP contribution in [0.2, 0.25) is 0 Å². The smallest absolute Gasteiger partial charge is 0.144 e. The minimum Gasteiger partial charge on any atom is -0.372 e. The van der Waals surface area contributed by atoms with E-state index in [-0.39, 0.29) is 0 Å². The molecule has 2 aromatic rings. The normalized spacial score (nSPS) is 18.9. The Morgan fingerprint density at radius 1 is 1.29 bits per heavy atom. The average molecular weight is 283 g/mol. The lowest BCUT2D eigenvalue weighted by Crippen LogP contribution is -2.23. The van der Waals surface area contributed by atoms with Crippen LogP contribution in [0.1, 0.15) is 35.8 Å². The molecule has 5 heteroatoms. The second-order valence-corrected chi connectivity index (χ2v) is 5.52. The van der Waals surface area contributed by atoms with Gasteiger partial charge in [-0.2, -0.15) is 0 Å². The molecule has 21 heavy (non-hydrogen) atoms. The van der Waals surface area contributed by atoms with Gasteiger partial charge >= 0.3 is 0 Å². The molecule has 1 aliphatic heterocycles. The largest absolute Gasteiger partial charge is 0.372 e. The molecule has 0 saturated carbocycles. The van der Waals surface area contributed by atoms with Crippen LogP contribution in [0.4, 0.5) is 5.82 Å². The summed E-state index contributed by atoms with van der Waals surface area (Å²) in [5.41, 5.74) is 3.37. The van der Waals surface area contributed by atoms with Crippen LogP contribution in [-0.4, -0.2) is 33.4 Å². The third kappa shape index (κ3) is 3.19. The van der Waals surface area contributed by atoms with E-state index in [1.165, 1.54) is 12.0 Å². The van der Waals surface area contributed by atoms with E-state index in [2.05, 4.69) is 37.3 Å². The minimum atomic E-state index is 0.354. The molecule has 1 aliphatic rings. The number of nitrogens with zero attached hydrogens (tertiary/aromatic N) is 4. The van der Waals surface area contributed by atoms with Gasteiger partial charge in [-0.1, -0.05) is 6.07 Å². The Balaban J connectivity index is 1.77. The molecule has 1 N–H and O–H groups in total. The van der Waals surface area contributed by atoms with Gasteiger partial charge in [0.2, 0.25) is 0 Å². The molecule has 0 aromatic carbocycles. The van der Waals surface area contributed by atoms with Crippen LogP contribution < -0.4 is 5.32 Å². The molecule has 1 saturated heterocycles. The quantitative estimate of drug-likeness (QED) is 0.934. The van der Waals surface area contributed by atoms with Gasteiger partial charge in [-0.25, -0.2) is 4.98 Å². The summed E-state index contributed by atoms with van der Waals surface area (Å²) in [6.45, 7) is 4.04. The molecule has 0 radical (unpaired) electrons. The summed E-state index contributed by atoms with van der Waals surface area (Å²) in [5.74, 6) is 0.830. The lowest BCUT2D eigenvalue weighted by molar-refractivity contribution is 0.244. The van der Waals surface area contributed by atoms with Crippen LogP contribution in [-0.2, 0) is 6.54 Å². The predicted octanol–water partition coefficient (Wildman–Crippen LogP) is 2.56. The molecule has 0 amide bonds. The fourth-order valence-electron chi connectivity index (χ4n) is 2.84. The highest BCUT2D eigenvalue weighted by atomic mass is 15.2. The van der Waals surface area contributed by atoms with Crippen molar-refractivity contribution < 1.29 is 0 Å². The zero-order valence-corrected chi connectivity index (χ0v) is 12.6. The summed E-state index contributed by atoms with van der Waals surface area (Å²) < 4.78 is 0. The summed E-state index contributed by atoms with van der Waals surface area (Å²) in [6.07, 6.45) is 7.96. The Morgan fingerprint density at radius 2 is 2.19 bits per heavy atom. The van der Waals surface area contributed by atoms with Gasteiger partial charge < -0.3 is 5.32 Å². The van der Waals surface area contributed by atoms with E-state index in [1.54, 1.807) is 6.20 Å². The topological polar surface area (TPSA) is 53.9 Å². The van der Waals surface area contributed by atoms with Gasteiger partial charge in [0.15, 0.2) is 0 Å². The van der Waals surface area contributed by atoms with E-state index >= 15 is 0 Å². The number of nitrogens with one attached hydrogen (secondary N) is 1. The Kier molecular flexibility index (Phi) is 4.10. The molecule has 0 bridgehead atoms. The van der Waals surface area contributed by atoms with E-state index in [0.29, 0.717) is 6.04 Å². The van der Waals surface area contributed by atoms with Crippen molar-refractivity contribution in [2.75, 3.05) is 18.9 Å². The van der Waals surface area contributed by atoms with Gasteiger partial charge in [0.1, 0.15) is 5.82 Å². The number of pyridine rings is 1. The van der Waals surface area contributed by atoms with Crippen LogP contribution in [0.25, 0.3) is 0 Å². The molecular weight excluding hydrogens is 262 g/mol. The molecule has 0 aliphatic carbocycles. The van der Waals surface area contributed by atoms with Crippen LogP contribution in [0.3, 0.4) is 0 Å². The zero-order chi connectivity index (χ0) is 14.7. The second kappa shape index (κ2) is 6.18. The summed E-state index contributed by atoms with van der Waals surface area (Å²) in [4.78, 5) is 15.8. The van der Waals surface area contributed by atoms with E-state index in [1.807, 2.05) is 26.4 Å². The maximum Gasteiger partial charge on any atom is 0.144 e. The Bertz CT molecular complexity index is 596. The SMILES string of the molecule is CNc1cncc([C@H]2CCCN2Cc2ccc(C)nc2)n1. The zero-order valence-electron chi connectivity index (χ0n) is 12.6. The van der Waals surface area contributed by atoms with Gasteiger partial charge in [0, 0.05) is 25.5 Å². The fraction of sp³-hybridized carbons (Fsp3) is 0.438. The molecular formula is C16H21N5. The third-order valence-corrected chi connectivity index (χ3v) is 3.97. The fourth-order valence-corrected chi connectivity index (χ4v) is 2.84. The van der Waals surface area contributed by atoms with Crippen molar-refractivity contribution in [2.45, 2.75) is 32.4 Å². The van der Waals surface area contributed by atoms with Gasteiger partial charge in [-0.05, 0) is 37.9 Å². The van der Waals surface area contributed by atoms with Crippen molar-refractivity contribution in [3.63, 3.8) is 0 Å². The standard InChI is InChI=1S/C16H21N5/c1-12-5-6-13(8-19-12)11-21-7-3-4-15(21)14-9-18-10-16(17-2)20-14/h5-6,8-10,15H,3-4,7,11H2,1-2H3,(H,17,20)/t15-/m1/s1. The monoisotopic (exact) mass is 283 g/mol. The lowest BCUT2D eigenvalue weighted by atomic mass is 10.1. The molecule has 5 nitrogen and oxygen atoms in total. The van der Waals surface area contributed by atoms with Crippen molar-refractivity contribution in [1.29, 1.82) is 0 Å². The maximum atomic E-state index is 4.65. The van der Waals surface area contributed by atoms with Crippen LogP contribution in [0, 0.1) is 6.92 Å². The molecule has 0 unspecified atom stereocenters. The third-order valence-electron chi connectivity index (χ3n) is 3.97. The Hall–Kier alpha value is -2.01. The Morgan fingerprint density at radius 3 is 2.95 bits per heavy atom.